The first-order chi connectivity index (χ1) is 15.5. The van der Waals surface area contributed by atoms with Crippen LogP contribution in [0.5, 0.6) is 0 Å². The van der Waals surface area contributed by atoms with Crippen LogP contribution in [-0.4, -0.2) is 28.0 Å². The molecule has 5 rings (SSSR count). The fourth-order valence-electron chi connectivity index (χ4n) is 5.25. The third kappa shape index (κ3) is 3.51. The average Bonchev–Trinajstić information content (AvgIpc) is 3.34. The van der Waals surface area contributed by atoms with E-state index >= 15 is 0 Å². The summed E-state index contributed by atoms with van der Waals surface area (Å²) in [5.41, 5.74) is 2.87. The first-order valence-corrected chi connectivity index (χ1v) is 11.8. The van der Waals surface area contributed by atoms with Gasteiger partial charge in [0.25, 0.3) is 5.91 Å². The highest BCUT2D eigenvalue weighted by Crippen LogP contribution is 2.36. The molecule has 2 aromatic heterocycles. The van der Waals surface area contributed by atoms with Gasteiger partial charge in [-0.25, -0.2) is 0 Å². The molecule has 0 radical (unpaired) electrons. The second-order valence-electron chi connectivity index (χ2n) is 9.55. The zero-order valence-electron chi connectivity index (χ0n) is 18.9. The molecule has 0 spiro atoms. The van der Waals surface area contributed by atoms with Crippen molar-refractivity contribution in [2.24, 2.45) is 0 Å². The molecule has 6 nitrogen and oxygen atoms in total. The third-order valence-corrected chi connectivity index (χ3v) is 7.13. The number of furan rings is 1. The molecule has 1 aromatic carbocycles. The van der Waals surface area contributed by atoms with E-state index in [0.717, 1.165) is 42.5 Å². The van der Waals surface area contributed by atoms with Crippen molar-refractivity contribution in [3.8, 4) is 0 Å². The number of rotatable bonds is 3. The van der Waals surface area contributed by atoms with Gasteiger partial charge in [-0.2, -0.15) is 0 Å². The number of amides is 2. The molecule has 1 aliphatic carbocycles. The molecule has 3 heterocycles. The Morgan fingerprint density at radius 3 is 2.47 bits per heavy atom. The van der Waals surface area contributed by atoms with Crippen LogP contribution in [0.3, 0.4) is 0 Å². The Hall–Kier alpha value is -3.02. The lowest BCUT2D eigenvalue weighted by molar-refractivity contribution is -0.127. The van der Waals surface area contributed by atoms with Crippen molar-refractivity contribution in [1.29, 1.82) is 0 Å². The van der Waals surface area contributed by atoms with Gasteiger partial charge in [0.15, 0.2) is 5.58 Å². The van der Waals surface area contributed by atoms with Crippen molar-refractivity contribution in [2.45, 2.75) is 76.9 Å². The van der Waals surface area contributed by atoms with Gasteiger partial charge >= 0.3 is 0 Å². The molecule has 3 aromatic rings. The predicted molar refractivity (Wildman–Crippen MR) is 125 cm³/mol. The maximum absolute atomic E-state index is 13.8. The molecule has 1 N–H and O–H groups in total. The van der Waals surface area contributed by atoms with Gasteiger partial charge in [-0.05, 0) is 38.8 Å². The molecule has 2 amide bonds. The van der Waals surface area contributed by atoms with Crippen LogP contribution in [0.15, 0.2) is 47.1 Å². The van der Waals surface area contributed by atoms with Crippen LogP contribution in [0.2, 0.25) is 0 Å². The van der Waals surface area contributed by atoms with Gasteiger partial charge in [-0.1, -0.05) is 49.8 Å². The zero-order chi connectivity index (χ0) is 22.3. The normalized spacial score (nSPS) is 22.4. The van der Waals surface area contributed by atoms with Crippen molar-refractivity contribution < 1.29 is 14.0 Å². The summed E-state index contributed by atoms with van der Waals surface area (Å²) in [5, 5.41) is 3.32. The monoisotopic (exact) mass is 433 g/mol. The number of aromatic nitrogens is 1. The average molecular weight is 434 g/mol. The van der Waals surface area contributed by atoms with Crippen LogP contribution in [0.4, 0.5) is 5.69 Å². The number of hydrogen-bond acceptors (Lipinski definition) is 3. The van der Waals surface area contributed by atoms with E-state index in [-0.39, 0.29) is 17.9 Å². The van der Waals surface area contributed by atoms with E-state index in [0.29, 0.717) is 17.8 Å². The number of benzene rings is 1. The van der Waals surface area contributed by atoms with Crippen molar-refractivity contribution >= 4 is 28.6 Å². The SMILES string of the molecule is Cc1ccc(N2C(=O)c3cc4occc4n3C[C@]2(C)C(=O)NC2CCCCCCC2)cc1. The number of aryl methyl sites for hydroxylation is 1. The van der Waals surface area contributed by atoms with E-state index < -0.39 is 5.54 Å². The lowest BCUT2D eigenvalue weighted by Crippen LogP contribution is -2.65. The number of carbonyl (C=O) groups is 2. The molecule has 1 fully saturated rings. The highest BCUT2D eigenvalue weighted by molar-refractivity contribution is 6.13. The van der Waals surface area contributed by atoms with Gasteiger partial charge in [0, 0.05) is 23.9 Å². The van der Waals surface area contributed by atoms with Crippen molar-refractivity contribution in [3.05, 3.63) is 53.9 Å². The van der Waals surface area contributed by atoms with Crippen LogP contribution in [-0.2, 0) is 11.3 Å². The molecule has 32 heavy (non-hydrogen) atoms. The Morgan fingerprint density at radius 1 is 1.06 bits per heavy atom. The molecule has 0 bridgehead atoms. The van der Waals surface area contributed by atoms with E-state index in [1.807, 2.05) is 48.7 Å². The molecule has 6 heteroatoms. The molecule has 0 saturated heterocycles. The Labute approximate surface area is 188 Å². The van der Waals surface area contributed by atoms with E-state index in [1.54, 1.807) is 17.2 Å². The van der Waals surface area contributed by atoms with Crippen molar-refractivity contribution in [3.63, 3.8) is 0 Å². The maximum Gasteiger partial charge on any atom is 0.276 e. The summed E-state index contributed by atoms with van der Waals surface area (Å²) >= 11 is 0. The highest BCUT2D eigenvalue weighted by atomic mass is 16.3. The molecular formula is C26H31N3O3. The molecule has 1 saturated carbocycles. The van der Waals surface area contributed by atoms with Gasteiger partial charge in [-0.15, -0.1) is 0 Å². The van der Waals surface area contributed by atoms with Crippen LogP contribution in [0.1, 0.15) is 67.9 Å². The zero-order valence-corrected chi connectivity index (χ0v) is 18.9. The summed E-state index contributed by atoms with van der Waals surface area (Å²) in [6.07, 6.45) is 9.64. The summed E-state index contributed by atoms with van der Waals surface area (Å²) in [6.45, 7) is 4.28. The van der Waals surface area contributed by atoms with Gasteiger partial charge in [0.1, 0.15) is 11.2 Å². The second-order valence-corrected chi connectivity index (χ2v) is 9.55. The highest BCUT2D eigenvalue weighted by Gasteiger charge is 2.49. The second kappa shape index (κ2) is 8.15. The largest absolute Gasteiger partial charge is 0.463 e. The third-order valence-electron chi connectivity index (χ3n) is 7.13. The lowest BCUT2D eigenvalue weighted by atomic mass is 9.91. The smallest absolute Gasteiger partial charge is 0.276 e. The van der Waals surface area contributed by atoms with Crippen molar-refractivity contribution in [1.82, 2.24) is 9.88 Å². The fraction of sp³-hybridized carbons (Fsp3) is 0.462. The summed E-state index contributed by atoms with van der Waals surface area (Å²) in [6, 6.07) is 11.6. The maximum atomic E-state index is 13.8. The topological polar surface area (TPSA) is 67.5 Å². The Kier molecular flexibility index (Phi) is 5.31. The predicted octanol–water partition coefficient (Wildman–Crippen LogP) is 5.19. The summed E-state index contributed by atoms with van der Waals surface area (Å²) < 4.78 is 7.49. The van der Waals surface area contributed by atoms with Gasteiger partial charge in [-0.3, -0.25) is 14.5 Å². The Morgan fingerprint density at radius 2 is 1.75 bits per heavy atom. The molecule has 168 valence electrons. The van der Waals surface area contributed by atoms with Gasteiger partial charge in [0.05, 0.1) is 18.3 Å². The minimum absolute atomic E-state index is 0.0898. The number of nitrogens with zero attached hydrogens (tertiary/aromatic N) is 2. The number of nitrogens with one attached hydrogen (secondary N) is 1. The quantitative estimate of drug-likeness (QED) is 0.618. The van der Waals surface area contributed by atoms with Gasteiger partial charge in [0.2, 0.25) is 5.91 Å². The van der Waals surface area contributed by atoms with Crippen molar-refractivity contribution in [2.75, 3.05) is 4.90 Å². The number of fused-ring (bicyclic) bond motifs is 3. The minimum Gasteiger partial charge on any atom is -0.463 e. The van der Waals surface area contributed by atoms with Crippen LogP contribution < -0.4 is 10.2 Å². The van der Waals surface area contributed by atoms with E-state index in [1.165, 1.54) is 19.3 Å². The number of hydrogen-bond donors (Lipinski definition) is 1. The molecule has 1 atom stereocenters. The molecule has 1 aliphatic heterocycles. The standard InChI is InChI=1S/C26H31N3O3/c1-18-10-12-20(13-11-18)29-24(30)22-16-23-21(14-15-32-23)28(22)17-26(29,2)25(31)27-19-8-6-4-3-5-7-9-19/h10-16,19H,3-9,17H2,1-2H3,(H,27,31)/t26-/m1/s1. The first kappa shape index (κ1) is 20.9. The Bertz CT molecular complexity index is 1130. The van der Waals surface area contributed by atoms with Gasteiger partial charge < -0.3 is 14.3 Å². The summed E-state index contributed by atoms with van der Waals surface area (Å²) in [5.74, 6) is -0.269. The number of carbonyl (C=O) groups excluding carboxylic acids is 2. The minimum atomic E-state index is -1.05. The summed E-state index contributed by atoms with van der Waals surface area (Å²) in [7, 11) is 0. The molecule has 0 unspecified atom stereocenters. The van der Waals surface area contributed by atoms with Crippen LogP contribution in [0, 0.1) is 6.92 Å². The molecular weight excluding hydrogens is 402 g/mol. The van der Waals surface area contributed by atoms with Crippen LogP contribution in [0.25, 0.3) is 11.1 Å². The number of anilines is 1. The van der Waals surface area contributed by atoms with Crippen LogP contribution >= 0.6 is 0 Å². The first-order valence-electron chi connectivity index (χ1n) is 11.8. The van der Waals surface area contributed by atoms with E-state index in [9.17, 15) is 9.59 Å². The lowest BCUT2D eigenvalue weighted by Gasteiger charge is -2.44. The summed E-state index contributed by atoms with van der Waals surface area (Å²) in [4.78, 5) is 29.3. The molecule has 2 aliphatic rings. The fourth-order valence-corrected chi connectivity index (χ4v) is 5.25. The van der Waals surface area contributed by atoms with E-state index in [2.05, 4.69) is 5.32 Å². The van der Waals surface area contributed by atoms with E-state index in [4.69, 9.17) is 4.42 Å². The Balaban J connectivity index is 1.54.